The van der Waals surface area contributed by atoms with Crippen molar-refractivity contribution in [1.82, 2.24) is 14.5 Å². The van der Waals surface area contributed by atoms with Crippen LogP contribution in [0.2, 0.25) is 0 Å². The van der Waals surface area contributed by atoms with E-state index in [0.29, 0.717) is 10.1 Å². The normalized spacial score (nSPS) is 15.1. The molecule has 0 radical (unpaired) electrons. The molecule has 10 heteroatoms. The highest BCUT2D eigenvalue weighted by molar-refractivity contribution is 7.90. The highest BCUT2D eigenvalue weighted by atomic mass is 32.2. The second-order valence-corrected chi connectivity index (χ2v) is 9.12. The number of sulfonamides is 1. The molecule has 3 amide bonds. The Morgan fingerprint density at radius 2 is 1.78 bits per heavy atom. The lowest BCUT2D eigenvalue weighted by Crippen LogP contribution is -2.47. The van der Waals surface area contributed by atoms with Crippen molar-refractivity contribution in [2.45, 2.75) is 30.8 Å². The summed E-state index contributed by atoms with van der Waals surface area (Å²) in [6.45, 7) is 1.42. The first-order valence-corrected chi connectivity index (χ1v) is 11.4. The molecule has 9 nitrogen and oxygen atoms in total. The van der Waals surface area contributed by atoms with Crippen LogP contribution in [0.5, 0.6) is 5.75 Å². The molecule has 0 bridgehead atoms. The minimum absolute atomic E-state index is 0.0636. The van der Waals surface area contributed by atoms with Crippen LogP contribution >= 0.6 is 0 Å². The predicted molar refractivity (Wildman–Crippen MR) is 116 cm³/mol. The van der Waals surface area contributed by atoms with E-state index in [1.165, 1.54) is 24.1 Å². The number of carbonyl (C=O) groups is 3. The van der Waals surface area contributed by atoms with E-state index in [0.717, 1.165) is 5.56 Å². The monoisotopic (exact) mass is 459 g/mol. The van der Waals surface area contributed by atoms with Gasteiger partial charge in [0.1, 0.15) is 16.7 Å². The van der Waals surface area contributed by atoms with Crippen molar-refractivity contribution in [2.75, 3.05) is 20.7 Å². The molecule has 1 atom stereocenters. The molecule has 1 aliphatic rings. The number of hydrogen-bond acceptors (Lipinski definition) is 6. The van der Waals surface area contributed by atoms with Crippen molar-refractivity contribution in [3.63, 3.8) is 0 Å². The molecule has 3 rings (SSSR count). The standard InChI is InChI=1S/C22H25N3O6S/c1-15(21(27)23-2)24(14-16-8-10-17(31-3)11-9-16)20(26)12-13-25-22(28)18-6-4-5-7-19(18)32(25,29)30/h4-11,15H,12-14H2,1-3H3,(H,23,27)/t15-/m0/s1. The summed E-state index contributed by atoms with van der Waals surface area (Å²) < 4.78 is 31.3. The first-order valence-electron chi connectivity index (χ1n) is 10.0. The van der Waals surface area contributed by atoms with Crippen molar-refractivity contribution in [2.24, 2.45) is 0 Å². The maximum atomic E-state index is 13.1. The van der Waals surface area contributed by atoms with Gasteiger partial charge < -0.3 is 15.0 Å². The average Bonchev–Trinajstić information content (AvgIpc) is 3.00. The van der Waals surface area contributed by atoms with Gasteiger partial charge in [-0.05, 0) is 36.8 Å². The van der Waals surface area contributed by atoms with Crippen LogP contribution in [-0.2, 0) is 26.2 Å². The zero-order valence-corrected chi connectivity index (χ0v) is 18.9. The summed E-state index contributed by atoms with van der Waals surface area (Å²) in [5.41, 5.74) is 0.862. The van der Waals surface area contributed by atoms with Crippen molar-refractivity contribution in [3.8, 4) is 5.75 Å². The summed E-state index contributed by atoms with van der Waals surface area (Å²) in [5, 5.41) is 2.52. The van der Waals surface area contributed by atoms with Gasteiger partial charge in [-0.3, -0.25) is 14.4 Å². The van der Waals surface area contributed by atoms with Gasteiger partial charge >= 0.3 is 0 Å². The van der Waals surface area contributed by atoms with Gasteiger partial charge in [-0.15, -0.1) is 0 Å². The third kappa shape index (κ3) is 4.45. The van der Waals surface area contributed by atoms with Crippen LogP contribution in [0.1, 0.15) is 29.3 Å². The van der Waals surface area contributed by atoms with Crippen molar-refractivity contribution >= 4 is 27.7 Å². The van der Waals surface area contributed by atoms with E-state index in [1.807, 2.05) is 0 Å². The second-order valence-electron chi connectivity index (χ2n) is 7.29. The van der Waals surface area contributed by atoms with E-state index in [-0.39, 0.29) is 35.9 Å². The lowest BCUT2D eigenvalue weighted by atomic mass is 10.1. The number of benzene rings is 2. The number of hydrogen-bond donors (Lipinski definition) is 1. The van der Waals surface area contributed by atoms with E-state index in [4.69, 9.17) is 4.74 Å². The Morgan fingerprint density at radius 3 is 2.38 bits per heavy atom. The Balaban J connectivity index is 1.78. The van der Waals surface area contributed by atoms with E-state index in [1.54, 1.807) is 50.4 Å². The summed E-state index contributed by atoms with van der Waals surface area (Å²) in [6, 6.07) is 12.2. The first-order chi connectivity index (χ1) is 15.2. The minimum Gasteiger partial charge on any atom is -0.497 e. The molecule has 170 valence electrons. The molecule has 0 aromatic heterocycles. The van der Waals surface area contributed by atoms with E-state index in [9.17, 15) is 22.8 Å². The second kappa shape index (κ2) is 9.39. The van der Waals surface area contributed by atoms with Gasteiger partial charge in [-0.1, -0.05) is 24.3 Å². The zero-order valence-electron chi connectivity index (χ0n) is 18.1. The Labute approximate surface area is 187 Å². The molecule has 1 N–H and O–H groups in total. The maximum absolute atomic E-state index is 13.1. The fraction of sp³-hybridized carbons (Fsp3) is 0.318. The van der Waals surface area contributed by atoms with E-state index in [2.05, 4.69) is 5.32 Å². The number of ether oxygens (including phenoxy) is 1. The number of likely N-dealkylation sites (N-methyl/N-ethyl adjacent to an activating group) is 1. The maximum Gasteiger partial charge on any atom is 0.269 e. The first kappa shape index (κ1) is 23.3. The SMILES string of the molecule is CNC(=O)[C@H](C)N(Cc1ccc(OC)cc1)C(=O)CCN1C(=O)c2ccccc2S1(=O)=O. The van der Waals surface area contributed by atoms with Crippen LogP contribution in [0.4, 0.5) is 0 Å². The molecule has 2 aromatic rings. The van der Waals surface area contributed by atoms with Crippen molar-refractivity contribution < 1.29 is 27.5 Å². The topological polar surface area (TPSA) is 113 Å². The Morgan fingerprint density at radius 1 is 1.12 bits per heavy atom. The smallest absolute Gasteiger partial charge is 0.269 e. The molecule has 2 aromatic carbocycles. The number of nitrogens with one attached hydrogen (secondary N) is 1. The molecule has 0 saturated heterocycles. The van der Waals surface area contributed by atoms with Crippen LogP contribution in [0.25, 0.3) is 0 Å². The predicted octanol–water partition coefficient (Wildman–Crippen LogP) is 1.39. The number of carbonyl (C=O) groups excluding carboxylic acids is 3. The lowest BCUT2D eigenvalue weighted by molar-refractivity contribution is -0.140. The van der Waals surface area contributed by atoms with Gasteiger partial charge in [0.15, 0.2) is 0 Å². The lowest BCUT2D eigenvalue weighted by Gasteiger charge is -2.29. The van der Waals surface area contributed by atoms with Crippen LogP contribution in [0, 0.1) is 0 Å². The molecule has 0 saturated carbocycles. The molecule has 0 unspecified atom stereocenters. The summed E-state index contributed by atoms with van der Waals surface area (Å²) in [6.07, 6.45) is -0.254. The fourth-order valence-electron chi connectivity index (χ4n) is 3.51. The van der Waals surface area contributed by atoms with Crippen LogP contribution < -0.4 is 10.1 Å². The molecular weight excluding hydrogens is 434 g/mol. The molecule has 1 aliphatic heterocycles. The van der Waals surface area contributed by atoms with Crippen molar-refractivity contribution in [3.05, 3.63) is 59.7 Å². The van der Waals surface area contributed by atoms with Gasteiger partial charge in [0.05, 0.1) is 12.7 Å². The molecule has 1 heterocycles. The Bertz CT molecular complexity index is 1130. The Kier molecular flexibility index (Phi) is 6.83. The third-order valence-electron chi connectivity index (χ3n) is 5.37. The highest BCUT2D eigenvalue weighted by Crippen LogP contribution is 2.30. The van der Waals surface area contributed by atoms with E-state index < -0.39 is 27.9 Å². The summed E-state index contributed by atoms with van der Waals surface area (Å²) in [4.78, 5) is 39.2. The zero-order chi connectivity index (χ0) is 23.5. The number of methoxy groups -OCH3 is 1. The van der Waals surface area contributed by atoms with Gasteiger partial charge in [0.2, 0.25) is 11.8 Å². The number of amides is 3. The van der Waals surface area contributed by atoms with E-state index >= 15 is 0 Å². The quantitative estimate of drug-likeness (QED) is 0.638. The molecule has 0 fully saturated rings. The number of nitrogens with zero attached hydrogens (tertiary/aromatic N) is 2. The molecular formula is C22H25N3O6S. The Hall–Kier alpha value is -3.40. The van der Waals surface area contributed by atoms with Gasteiger partial charge in [0.25, 0.3) is 15.9 Å². The molecule has 32 heavy (non-hydrogen) atoms. The number of fused-ring (bicyclic) bond motifs is 1. The summed E-state index contributed by atoms with van der Waals surface area (Å²) in [7, 11) is -0.985. The number of rotatable bonds is 8. The largest absolute Gasteiger partial charge is 0.497 e. The molecule has 0 aliphatic carbocycles. The fourth-order valence-corrected chi connectivity index (χ4v) is 5.08. The average molecular weight is 460 g/mol. The highest BCUT2D eigenvalue weighted by Gasteiger charge is 2.41. The van der Waals surface area contributed by atoms with Gasteiger partial charge in [-0.2, -0.15) is 0 Å². The summed E-state index contributed by atoms with van der Waals surface area (Å²) >= 11 is 0. The van der Waals surface area contributed by atoms with Crippen LogP contribution in [-0.4, -0.2) is 62.1 Å². The minimum atomic E-state index is -4.00. The van der Waals surface area contributed by atoms with Gasteiger partial charge in [0, 0.05) is 26.6 Å². The van der Waals surface area contributed by atoms with Crippen molar-refractivity contribution in [1.29, 1.82) is 0 Å². The van der Waals surface area contributed by atoms with Crippen LogP contribution in [0.15, 0.2) is 53.4 Å². The van der Waals surface area contributed by atoms with Crippen LogP contribution in [0.3, 0.4) is 0 Å². The summed E-state index contributed by atoms with van der Waals surface area (Å²) in [5.74, 6) is -0.808. The third-order valence-corrected chi connectivity index (χ3v) is 7.21. The molecule has 0 spiro atoms. The van der Waals surface area contributed by atoms with Gasteiger partial charge in [-0.25, -0.2) is 12.7 Å².